The summed E-state index contributed by atoms with van der Waals surface area (Å²) in [7, 11) is 0. The number of aliphatic carboxylic acids is 1. The summed E-state index contributed by atoms with van der Waals surface area (Å²) in [4.78, 5) is 36.9. The maximum Gasteiger partial charge on any atom is 0.311 e. The first kappa shape index (κ1) is 13.4. The molecule has 2 amide bonds. The van der Waals surface area contributed by atoms with Crippen molar-refractivity contribution in [2.75, 3.05) is 13.1 Å². The fourth-order valence-corrected chi connectivity index (χ4v) is 3.12. The first-order chi connectivity index (χ1) is 9.52. The quantitative estimate of drug-likeness (QED) is 0.761. The van der Waals surface area contributed by atoms with Gasteiger partial charge in [-0.2, -0.15) is 0 Å². The van der Waals surface area contributed by atoms with Gasteiger partial charge < -0.3 is 15.3 Å². The van der Waals surface area contributed by atoms with Crippen molar-refractivity contribution in [3.05, 3.63) is 0 Å². The summed E-state index contributed by atoms with van der Waals surface area (Å²) in [6.07, 6.45) is 4.51. The van der Waals surface area contributed by atoms with E-state index in [4.69, 9.17) is 0 Å². The third-order valence-corrected chi connectivity index (χ3v) is 4.88. The standard InChI is InChI=1S/C14H20N2O4/c17-11-6-9(7-16(11)10-2-3-10)12(18)15-8-14(13(19)20)4-1-5-14/h9-10H,1-8H2,(H,15,18)(H,19,20). The largest absolute Gasteiger partial charge is 0.481 e. The van der Waals surface area contributed by atoms with E-state index in [1.54, 1.807) is 4.90 Å². The molecule has 0 bridgehead atoms. The lowest BCUT2D eigenvalue weighted by atomic mass is 9.68. The Morgan fingerprint density at radius 2 is 2.05 bits per heavy atom. The van der Waals surface area contributed by atoms with E-state index < -0.39 is 11.4 Å². The van der Waals surface area contributed by atoms with Gasteiger partial charge in [0.25, 0.3) is 0 Å². The predicted octanol–water partition coefficient (Wildman–Crippen LogP) is 0.368. The van der Waals surface area contributed by atoms with Gasteiger partial charge in [-0.1, -0.05) is 6.42 Å². The lowest BCUT2D eigenvalue weighted by Gasteiger charge is -2.37. The van der Waals surface area contributed by atoms with E-state index >= 15 is 0 Å². The lowest BCUT2D eigenvalue weighted by molar-refractivity contribution is -0.154. The smallest absolute Gasteiger partial charge is 0.311 e. The van der Waals surface area contributed by atoms with Crippen molar-refractivity contribution in [2.24, 2.45) is 11.3 Å². The van der Waals surface area contributed by atoms with Crippen LogP contribution in [0, 0.1) is 11.3 Å². The molecule has 0 aromatic carbocycles. The highest BCUT2D eigenvalue weighted by Crippen LogP contribution is 2.40. The maximum absolute atomic E-state index is 12.1. The molecule has 3 rings (SSSR count). The summed E-state index contributed by atoms with van der Waals surface area (Å²) < 4.78 is 0. The molecule has 0 aromatic heterocycles. The van der Waals surface area contributed by atoms with Crippen molar-refractivity contribution in [1.82, 2.24) is 10.2 Å². The number of rotatable bonds is 5. The van der Waals surface area contributed by atoms with Gasteiger partial charge in [-0.3, -0.25) is 14.4 Å². The first-order valence-electron chi connectivity index (χ1n) is 7.32. The molecule has 0 spiro atoms. The number of nitrogens with zero attached hydrogens (tertiary/aromatic N) is 1. The fourth-order valence-electron chi connectivity index (χ4n) is 3.12. The second-order valence-electron chi connectivity index (χ2n) is 6.34. The van der Waals surface area contributed by atoms with Crippen LogP contribution in [0.3, 0.4) is 0 Å². The number of nitrogens with one attached hydrogen (secondary N) is 1. The molecule has 2 saturated carbocycles. The minimum absolute atomic E-state index is 0.0595. The Hall–Kier alpha value is -1.59. The molecule has 3 aliphatic rings. The molecule has 110 valence electrons. The summed E-state index contributed by atoms with van der Waals surface area (Å²) in [5, 5.41) is 12.0. The topological polar surface area (TPSA) is 86.7 Å². The van der Waals surface area contributed by atoms with E-state index in [1.807, 2.05) is 0 Å². The summed E-state index contributed by atoms with van der Waals surface area (Å²) >= 11 is 0. The van der Waals surface area contributed by atoms with Gasteiger partial charge in [0.05, 0.1) is 11.3 Å². The molecule has 3 fully saturated rings. The van der Waals surface area contributed by atoms with E-state index in [9.17, 15) is 19.5 Å². The highest BCUT2D eigenvalue weighted by Gasteiger charge is 2.46. The molecule has 1 unspecified atom stereocenters. The van der Waals surface area contributed by atoms with Crippen LogP contribution < -0.4 is 5.32 Å². The van der Waals surface area contributed by atoms with Crippen molar-refractivity contribution in [3.8, 4) is 0 Å². The predicted molar refractivity (Wildman–Crippen MR) is 69.8 cm³/mol. The Kier molecular flexibility index (Phi) is 3.18. The van der Waals surface area contributed by atoms with Crippen LogP contribution >= 0.6 is 0 Å². The Morgan fingerprint density at radius 1 is 1.35 bits per heavy atom. The van der Waals surface area contributed by atoms with Gasteiger partial charge in [0.1, 0.15) is 0 Å². The van der Waals surface area contributed by atoms with E-state index in [1.165, 1.54) is 0 Å². The van der Waals surface area contributed by atoms with Crippen molar-refractivity contribution >= 4 is 17.8 Å². The Balaban J connectivity index is 1.52. The van der Waals surface area contributed by atoms with Crippen molar-refractivity contribution in [3.63, 3.8) is 0 Å². The maximum atomic E-state index is 12.1. The van der Waals surface area contributed by atoms with Gasteiger partial charge in [0.2, 0.25) is 11.8 Å². The molecule has 6 nitrogen and oxygen atoms in total. The zero-order valence-corrected chi connectivity index (χ0v) is 11.4. The third kappa shape index (κ3) is 2.27. The zero-order chi connectivity index (χ0) is 14.3. The number of likely N-dealkylation sites (tertiary alicyclic amines) is 1. The first-order valence-corrected chi connectivity index (χ1v) is 7.32. The summed E-state index contributed by atoms with van der Waals surface area (Å²) in [5.74, 6) is -1.25. The van der Waals surface area contributed by atoms with Crippen molar-refractivity contribution in [2.45, 2.75) is 44.6 Å². The van der Waals surface area contributed by atoms with Gasteiger partial charge in [0.15, 0.2) is 0 Å². The summed E-state index contributed by atoms with van der Waals surface area (Å²) in [6, 6.07) is 0.345. The Bertz CT molecular complexity index is 454. The minimum atomic E-state index is -0.828. The molecule has 0 aromatic rings. The molecule has 1 heterocycles. The number of hydrogen-bond donors (Lipinski definition) is 2. The molecule has 1 atom stereocenters. The molecule has 0 radical (unpaired) electrons. The van der Waals surface area contributed by atoms with Gasteiger partial charge in [-0.05, 0) is 25.7 Å². The second-order valence-corrected chi connectivity index (χ2v) is 6.34. The third-order valence-electron chi connectivity index (χ3n) is 4.88. The van der Waals surface area contributed by atoms with Crippen LogP contribution in [-0.4, -0.2) is 46.9 Å². The Labute approximate surface area is 117 Å². The monoisotopic (exact) mass is 280 g/mol. The molecular formula is C14H20N2O4. The van der Waals surface area contributed by atoms with E-state index in [0.29, 0.717) is 25.4 Å². The van der Waals surface area contributed by atoms with Crippen LogP contribution in [0.15, 0.2) is 0 Å². The van der Waals surface area contributed by atoms with Crippen LogP contribution in [0.1, 0.15) is 38.5 Å². The Morgan fingerprint density at radius 3 is 2.55 bits per heavy atom. The van der Waals surface area contributed by atoms with Gasteiger partial charge in [0, 0.05) is 25.6 Å². The van der Waals surface area contributed by atoms with Gasteiger partial charge in [-0.25, -0.2) is 0 Å². The number of carboxylic acid groups (broad SMARTS) is 1. The number of carbonyl (C=O) groups is 3. The number of carboxylic acids is 1. The summed E-state index contributed by atoms with van der Waals surface area (Å²) in [5.41, 5.74) is -0.769. The van der Waals surface area contributed by atoms with Crippen LogP contribution in [-0.2, 0) is 14.4 Å². The van der Waals surface area contributed by atoms with E-state index in [-0.39, 0.29) is 30.7 Å². The second kappa shape index (κ2) is 4.75. The highest BCUT2D eigenvalue weighted by atomic mass is 16.4. The molecule has 2 N–H and O–H groups in total. The van der Waals surface area contributed by atoms with E-state index in [2.05, 4.69) is 5.32 Å². The zero-order valence-electron chi connectivity index (χ0n) is 11.4. The van der Waals surface area contributed by atoms with Crippen LogP contribution in [0.5, 0.6) is 0 Å². The van der Waals surface area contributed by atoms with Crippen molar-refractivity contribution < 1.29 is 19.5 Å². The molecule has 6 heteroatoms. The molecule has 2 aliphatic carbocycles. The SMILES string of the molecule is O=C(NCC1(C(=O)O)CCC1)C1CC(=O)N(C2CC2)C1. The fraction of sp³-hybridized carbons (Fsp3) is 0.786. The molecule has 1 saturated heterocycles. The van der Waals surface area contributed by atoms with Crippen LogP contribution in [0.4, 0.5) is 0 Å². The van der Waals surface area contributed by atoms with Gasteiger partial charge >= 0.3 is 5.97 Å². The van der Waals surface area contributed by atoms with Crippen LogP contribution in [0.25, 0.3) is 0 Å². The molecular weight excluding hydrogens is 260 g/mol. The summed E-state index contributed by atoms with van der Waals surface area (Å²) in [6.45, 7) is 0.685. The number of carbonyl (C=O) groups excluding carboxylic acids is 2. The number of amides is 2. The number of hydrogen-bond acceptors (Lipinski definition) is 3. The molecule has 20 heavy (non-hydrogen) atoms. The van der Waals surface area contributed by atoms with Crippen LogP contribution in [0.2, 0.25) is 0 Å². The average Bonchev–Trinajstić information content (AvgIpc) is 3.10. The molecule has 1 aliphatic heterocycles. The minimum Gasteiger partial charge on any atom is -0.481 e. The van der Waals surface area contributed by atoms with E-state index in [0.717, 1.165) is 19.3 Å². The lowest BCUT2D eigenvalue weighted by Crippen LogP contribution is -2.48. The average molecular weight is 280 g/mol. The highest BCUT2D eigenvalue weighted by molar-refractivity contribution is 5.90. The van der Waals surface area contributed by atoms with Gasteiger partial charge in [-0.15, -0.1) is 0 Å². The normalized spacial score (nSPS) is 28.1. The van der Waals surface area contributed by atoms with Crippen molar-refractivity contribution in [1.29, 1.82) is 0 Å².